The van der Waals surface area contributed by atoms with Crippen molar-refractivity contribution >= 4 is 32.7 Å². The van der Waals surface area contributed by atoms with Crippen molar-refractivity contribution in [3.8, 4) is 11.3 Å². The molecule has 0 spiro atoms. The van der Waals surface area contributed by atoms with Crippen LogP contribution < -0.4 is 0 Å². The standard InChI is InChI=1S/C30H22FNO/c1-30(2,20-11-13-22(31)14-12-20)21-16-17-32-27(18-21)26-9-5-8-24-25-15-10-19-6-3-4-7-23(19)28(25)33-29(24)26/h3-18H,1-2H3. The van der Waals surface area contributed by atoms with Gasteiger partial charge in [-0.15, -0.1) is 0 Å². The molecule has 0 amide bonds. The molecule has 160 valence electrons. The predicted molar refractivity (Wildman–Crippen MR) is 133 cm³/mol. The largest absolute Gasteiger partial charge is 0.455 e. The van der Waals surface area contributed by atoms with Crippen LogP contribution in [-0.2, 0) is 5.41 Å². The Hall–Kier alpha value is -3.98. The minimum Gasteiger partial charge on any atom is -0.455 e. The van der Waals surface area contributed by atoms with Gasteiger partial charge in [-0.1, -0.05) is 68.4 Å². The maximum Gasteiger partial charge on any atom is 0.144 e. The summed E-state index contributed by atoms with van der Waals surface area (Å²) in [4.78, 5) is 4.69. The molecule has 3 heteroatoms. The Morgan fingerprint density at radius 1 is 0.697 bits per heavy atom. The number of hydrogen-bond donors (Lipinski definition) is 0. The van der Waals surface area contributed by atoms with Crippen LogP contribution in [0.4, 0.5) is 4.39 Å². The van der Waals surface area contributed by atoms with Crippen LogP contribution in [0, 0.1) is 5.82 Å². The first-order valence-electron chi connectivity index (χ1n) is 11.1. The van der Waals surface area contributed by atoms with E-state index in [1.165, 1.54) is 12.1 Å². The molecule has 0 atom stereocenters. The second-order valence-electron chi connectivity index (χ2n) is 9.01. The number of pyridine rings is 1. The summed E-state index contributed by atoms with van der Waals surface area (Å²) in [5.74, 6) is -0.228. The maximum absolute atomic E-state index is 13.5. The molecule has 6 aromatic rings. The van der Waals surface area contributed by atoms with Crippen molar-refractivity contribution in [2.75, 3.05) is 0 Å². The molecule has 0 aliphatic carbocycles. The van der Waals surface area contributed by atoms with Gasteiger partial charge in [0, 0.05) is 33.3 Å². The van der Waals surface area contributed by atoms with Crippen molar-refractivity contribution in [2.45, 2.75) is 19.3 Å². The molecule has 2 heterocycles. The smallest absolute Gasteiger partial charge is 0.144 e. The van der Waals surface area contributed by atoms with Crippen LogP contribution in [0.1, 0.15) is 25.0 Å². The fraction of sp³-hybridized carbons (Fsp3) is 0.100. The molecule has 4 aromatic carbocycles. The van der Waals surface area contributed by atoms with E-state index in [0.717, 1.165) is 55.1 Å². The Kier molecular flexibility index (Phi) is 4.34. The zero-order valence-electron chi connectivity index (χ0n) is 18.5. The molecule has 2 aromatic heterocycles. The fourth-order valence-electron chi connectivity index (χ4n) is 4.73. The van der Waals surface area contributed by atoms with Crippen molar-refractivity contribution in [3.05, 3.63) is 114 Å². The van der Waals surface area contributed by atoms with E-state index in [2.05, 4.69) is 62.4 Å². The highest BCUT2D eigenvalue weighted by Gasteiger charge is 2.24. The van der Waals surface area contributed by atoms with Gasteiger partial charge in [0.25, 0.3) is 0 Å². The maximum atomic E-state index is 13.5. The number of rotatable bonds is 3. The van der Waals surface area contributed by atoms with Crippen molar-refractivity contribution < 1.29 is 8.81 Å². The summed E-state index contributed by atoms with van der Waals surface area (Å²) in [6, 6.07) is 29.6. The summed E-state index contributed by atoms with van der Waals surface area (Å²) in [6.45, 7) is 4.29. The van der Waals surface area contributed by atoms with E-state index < -0.39 is 0 Å². The number of fused-ring (bicyclic) bond motifs is 5. The number of furan rings is 1. The molecule has 0 fully saturated rings. The summed E-state index contributed by atoms with van der Waals surface area (Å²) in [5.41, 5.74) is 5.42. The van der Waals surface area contributed by atoms with Crippen LogP contribution >= 0.6 is 0 Å². The Morgan fingerprint density at radius 3 is 2.30 bits per heavy atom. The monoisotopic (exact) mass is 431 g/mol. The van der Waals surface area contributed by atoms with E-state index >= 15 is 0 Å². The number of benzene rings is 4. The zero-order valence-corrected chi connectivity index (χ0v) is 18.5. The molecule has 2 nitrogen and oxygen atoms in total. The summed E-state index contributed by atoms with van der Waals surface area (Å²) in [7, 11) is 0. The first kappa shape index (κ1) is 19.7. The van der Waals surface area contributed by atoms with E-state index in [9.17, 15) is 4.39 Å². The lowest BCUT2D eigenvalue weighted by atomic mass is 9.78. The second kappa shape index (κ2) is 7.28. The first-order valence-corrected chi connectivity index (χ1v) is 11.1. The molecule has 0 saturated carbocycles. The normalized spacial score (nSPS) is 12.1. The Morgan fingerprint density at radius 2 is 1.45 bits per heavy atom. The third kappa shape index (κ3) is 3.12. The van der Waals surface area contributed by atoms with E-state index in [1.807, 2.05) is 36.5 Å². The lowest BCUT2D eigenvalue weighted by Gasteiger charge is -2.26. The van der Waals surface area contributed by atoms with E-state index in [4.69, 9.17) is 9.40 Å². The van der Waals surface area contributed by atoms with Gasteiger partial charge >= 0.3 is 0 Å². The van der Waals surface area contributed by atoms with Gasteiger partial charge in [-0.2, -0.15) is 0 Å². The van der Waals surface area contributed by atoms with Gasteiger partial charge in [0.15, 0.2) is 0 Å². The quantitative estimate of drug-likeness (QED) is 0.282. The number of nitrogens with zero attached hydrogens (tertiary/aromatic N) is 1. The average Bonchev–Trinajstić information content (AvgIpc) is 3.24. The van der Waals surface area contributed by atoms with Gasteiger partial charge in [0.1, 0.15) is 17.0 Å². The second-order valence-corrected chi connectivity index (χ2v) is 9.01. The van der Waals surface area contributed by atoms with Gasteiger partial charge in [0.05, 0.1) is 5.69 Å². The molecule has 0 aliphatic rings. The van der Waals surface area contributed by atoms with E-state index in [0.29, 0.717) is 0 Å². The van der Waals surface area contributed by atoms with Gasteiger partial charge in [-0.05, 0) is 52.9 Å². The van der Waals surface area contributed by atoms with Gasteiger partial charge in [-0.25, -0.2) is 4.39 Å². The van der Waals surface area contributed by atoms with Crippen LogP contribution in [0.2, 0.25) is 0 Å². The molecule has 6 rings (SSSR count). The minimum atomic E-state index is -0.302. The molecule has 0 bridgehead atoms. The molecular weight excluding hydrogens is 409 g/mol. The number of aromatic nitrogens is 1. The molecule has 0 aliphatic heterocycles. The number of hydrogen-bond acceptors (Lipinski definition) is 2. The molecule has 0 N–H and O–H groups in total. The van der Waals surface area contributed by atoms with Crippen molar-refractivity contribution in [3.63, 3.8) is 0 Å². The first-order chi connectivity index (χ1) is 16.0. The third-order valence-corrected chi connectivity index (χ3v) is 6.71. The lowest BCUT2D eigenvalue weighted by molar-refractivity contribution is 0.613. The van der Waals surface area contributed by atoms with E-state index in [-0.39, 0.29) is 11.2 Å². The summed E-state index contributed by atoms with van der Waals surface area (Å²) in [6.07, 6.45) is 1.84. The Labute approximate surface area is 191 Å². The summed E-state index contributed by atoms with van der Waals surface area (Å²) in [5, 5.41) is 4.45. The van der Waals surface area contributed by atoms with Gasteiger partial charge in [0.2, 0.25) is 0 Å². The van der Waals surface area contributed by atoms with Crippen LogP contribution in [0.15, 0.2) is 102 Å². The van der Waals surface area contributed by atoms with Crippen molar-refractivity contribution in [2.24, 2.45) is 0 Å². The highest BCUT2D eigenvalue weighted by atomic mass is 19.1. The zero-order chi connectivity index (χ0) is 22.6. The van der Waals surface area contributed by atoms with Gasteiger partial charge < -0.3 is 4.42 Å². The van der Waals surface area contributed by atoms with Crippen LogP contribution in [-0.4, -0.2) is 4.98 Å². The fourth-order valence-corrected chi connectivity index (χ4v) is 4.73. The topological polar surface area (TPSA) is 26.0 Å². The number of halogens is 1. The van der Waals surface area contributed by atoms with E-state index in [1.54, 1.807) is 0 Å². The highest BCUT2D eigenvalue weighted by molar-refractivity contribution is 6.17. The third-order valence-electron chi connectivity index (χ3n) is 6.71. The summed E-state index contributed by atoms with van der Waals surface area (Å²) < 4.78 is 20.0. The van der Waals surface area contributed by atoms with Crippen molar-refractivity contribution in [1.82, 2.24) is 4.98 Å². The summed E-state index contributed by atoms with van der Waals surface area (Å²) >= 11 is 0. The van der Waals surface area contributed by atoms with Gasteiger partial charge in [-0.3, -0.25) is 4.98 Å². The Bertz CT molecular complexity index is 1640. The predicted octanol–water partition coefficient (Wildman–Crippen LogP) is 8.27. The van der Waals surface area contributed by atoms with Crippen LogP contribution in [0.5, 0.6) is 0 Å². The molecular formula is C30H22FNO. The lowest BCUT2D eigenvalue weighted by Crippen LogP contribution is -2.19. The minimum absolute atomic E-state index is 0.228. The molecule has 33 heavy (non-hydrogen) atoms. The molecule has 0 radical (unpaired) electrons. The van der Waals surface area contributed by atoms with Crippen LogP contribution in [0.3, 0.4) is 0 Å². The average molecular weight is 432 g/mol. The van der Waals surface area contributed by atoms with Crippen molar-refractivity contribution in [1.29, 1.82) is 0 Å². The SMILES string of the molecule is CC(C)(c1ccc(F)cc1)c1ccnc(-c2cccc3c2oc2c4ccccc4ccc32)c1. The number of para-hydroxylation sites is 1. The highest BCUT2D eigenvalue weighted by Crippen LogP contribution is 2.39. The van der Waals surface area contributed by atoms with Crippen LogP contribution in [0.25, 0.3) is 44.0 Å². The Balaban J connectivity index is 1.54. The molecule has 0 saturated heterocycles. The molecule has 0 unspecified atom stereocenters.